The molecule has 0 spiro atoms. The lowest BCUT2D eigenvalue weighted by molar-refractivity contribution is 0.0698. The third kappa shape index (κ3) is 3.43. The van der Waals surface area contributed by atoms with Crippen LogP contribution in [0.2, 0.25) is 5.02 Å². The Hall–Kier alpha value is -3.38. The number of amides is 1. The van der Waals surface area contributed by atoms with E-state index in [0.29, 0.717) is 0 Å². The van der Waals surface area contributed by atoms with Gasteiger partial charge < -0.3 is 9.84 Å². The standard InChI is InChI=1S/C22H15ClFNO4/c23-19-18(24)10-9-16(21(26)27)20(19)25-22(28)29-11-17-14-7-3-1-5-12(14)13-6-2-4-8-15(13)17/h1-10,17H,11H2,(H,25,28)(H,26,27). The molecule has 2 N–H and O–H groups in total. The second-order valence-corrected chi connectivity index (χ2v) is 6.92. The third-order valence-electron chi connectivity index (χ3n) is 4.90. The summed E-state index contributed by atoms with van der Waals surface area (Å²) in [6, 6.07) is 17.7. The Labute approximate surface area is 170 Å². The van der Waals surface area contributed by atoms with E-state index >= 15 is 0 Å². The second kappa shape index (κ2) is 7.56. The number of aromatic carboxylic acids is 1. The number of fused-ring (bicyclic) bond motifs is 3. The molecule has 0 fully saturated rings. The summed E-state index contributed by atoms with van der Waals surface area (Å²) in [6.07, 6.45) is -0.915. The van der Waals surface area contributed by atoms with Crippen molar-refractivity contribution in [1.29, 1.82) is 0 Å². The Bertz CT molecular complexity index is 1090. The molecule has 0 aromatic heterocycles. The Kier molecular flexibility index (Phi) is 4.94. The molecule has 4 rings (SSSR count). The van der Waals surface area contributed by atoms with Crippen LogP contribution in [0.3, 0.4) is 0 Å². The van der Waals surface area contributed by atoms with Crippen molar-refractivity contribution in [2.75, 3.05) is 11.9 Å². The molecule has 1 amide bonds. The maximum Gasteiger partial charge on any atom is 0.411 e. The zero-order valence-corrected chi connectivity index (χ0v) is 15.7. The SMILES string of the molecule is O=C(Nc1c(C(=O)O)ccc(F)c1Cl)OCC1c2ccccc2-c2ccccc21. The summed E-state index contributed by atoms with van der Waals surface area (Å²) >= 11 is 5.84. The van der Waals surface area contributed by atoms with Crippen LogP contribution in [0.1, 0.15) is 27.4 Å². The Morgan fingerprint density at radius 3 is 2.17 bits per heavy atom. The minimum absolute atomic E-state index is 0.0369. The molecule has 146 valence electrons. The molecular weight excluding hydrogens is 397 g/mol. The van der Waals surface area contributed by atoms with Gasteiger partial charge in [0.05, 0.1) is 11.3 Å². The fourth-order valence-corrected chi connectivity index (χ4v) is 3.80. The van der Waals surface area contributed by atoms with Crippen LogP contribution in [0, 0.1) is 5.82 Å². The van der Waals surface area contributed by atoms with Crippen LogP contribution >= 0.6 is 11.6 Å². The zero-order valence-electron chi connectivity index (χ0n) is 15.0. The third-order valence-corrected chi connectivity index (χ3v) is 5.27. The smallest absolute Gasteiger partial charge is 0.411 e. The minimum atomic E-state index is -1.35. The fraction of sp³-hybridized carbons (Fsp3) is 0.0909. The lowest BCUT2D eigenvalue weighted by Gasteiger charge is -2.15. The van der Waals surface area contributed by atoms with Crippen molar-refractivity contribution in [1.82, 2.24) is 0 Å². The van der Waals surface area contributed by atoms with Crippen molar-refractivity contribution in [2.24, 2.45) is 0 Å². The Morgan fingerprint density at radius 1 is 1.00 bits per heavy atom. The number of carboxylic acids is 1. The first-order valence-corrected chi connectivity index (χ1v) is 9.18. The normalized spacial score (nSPS) is 12.2. The molecule has 1 aliphatic rings. The first-order chi connectivity index (χ1) is 14.0. The van der Waals surface area contributed by atoms with Gasteiger partial charge in [-0.05, 0) is 34.4 Å². The summed E-state index contributed by atoms with van der Waals surface area (Å²) in [7, 11) is 0. The van der Waals surface area contributed by atoms with Crippen LogP contribution in [0.5, 0.6) is 0 Å². The van der Waals surface area contributed by atoms with E-state index in [0.717, 1.165) is 34.4 Å². The van der Waals surface area contributed by atoms with E-state index in [1.165, 1.54) is 0 Å². The first-order valence-electron chi connectivity index (χ1n) is 8.80. The quantitative estimate of drug-likeness (QED) is 0.591. The second-order valence-electron chi connectivity index (χ2n) is 6.54. The monoisotopic (exact) mass is 411 g/mol. The zero-order chi connectivity index (χ0) is 20.5. The van der Waals surface area contributed by atoms with Gasteiger partial charge in [0.25, 0.3) is 0 Å². The highest BCUT2D eigenvalue weighted by Gasteiger charge is 2.29. The number of anilines is 1. The lowest BCUT2D eigenvalue weighted by atomic mass is 9.98. The molecule has 3 aromatic carbocycles. The average molecular weight is 412 g/mol. The molecule has 0 radical (unpaired) electrons. The largest absolute Gasteiger partial charge is 0.478 e. The van der Waals surface area contributed by atoms with Gasteiger partial charge in [-0.15, -0.1) is 0 Å². The number of carbonyl (C=O) groups excluding carboxylic acids is 1. The van der Waals surface area contributed by atoms with Gasteiger partial charge in [-0.3, -0.25) is 5.32 Å². The highest BCUT2D eigenvalue weighted by atomic mass is 35.5. The molecule has 1 aliphatic carbocycles. The van der Waals surface area contributed by atoms with Gasteiger partial charge in [0, 0.05) is 5.92 Å². The van der Waals surface area contributed by atoms with Crippen molar-refractivity contribution in [3.63, 3.8) is 0 Å². The van der Waals surface area contributed by atoms with Crippen LogP contribution in [0.25, 0.3) is 11.1 Å². The van der Waals surface area contributed by atoms with Crippen LogP contribution in [-0.4, -0.2) is 23.8 Å². The topological polar surface area (TPSA) is 75.6 Å². The van der Waals surface area contributed by atoms with Gasteiger partial charge in [-0.25, -0.2) is 14.0 Å². The van der Waals surface area contributed by atoms with Gasteiger partial charge in [0.2, 0.25) is 0 Å². The van der Waals surface area contributed by atoms with E-state index in [1.807, 2.05) is 48.5 Å². The first kappa shape index (κ1) is 19.0. The molecule has 0 aliphatic heterocycles. The minimum Gasteiger partial charge on any atom is -0.478 e. The van der Waals surface area contributed by atoms with Gasteiger partial charge in [-0.2, -0.15) is 0 Å². The molecular formula is C22H15ClFNO4. The van der Waals surface area contributed by atoms with E-state index in [-0.39, 0.29) is 23.8 Å². The van der Waals surface area contributed by atoms with Crippen molar-refractivity contribution in [2.45, 2.75) is 5.92 Å². The number of hydrogen-bond donors (Lipinski definition) is 2. The van der Waals surface area contributed by atoms with Crippen LogP contribution in [0.4, 0.5) is 14.9 Å². The molecule has 29 heavy (non-hydrogen) atoms. The highest BCUT2D eigenvalue weighted by Crippen LogP contribution is 2.44. The van der Waals surface area contributed by atoms with Crippen molar-refractivity contribution >= 4 is 29.4 Å². The van der Waals surface area contributed by atoms with Crippen molar-refractivity contribution < 1.29 is 23.8 Å². The summed E-state index contributed by atoms with van der Waals surface area (Å²) in [5, 5.41) is 11.0. The number of rotatable bonds is 4. The van der Waals surface area contributed by atoms with Crippen LogP contribution in [0.15, 0.2) is 60.7 Å². The van der Waals surface area contributed by atoms with E-state index in [9.17, 15) is 19.1 Å². The summed E-state index contributed by atoms with van der Waals surface area (Å²) in [5.41, 5.74) is 3.58. The fourth-order valence-electron chi connectivity index (χ4n) is 3.59. The molecule has 5 nitrogen and oxygen atoms in total. The van der Waals surface area contributed by atoms with E-state index in [4.69, 9.17) is 16.3 Å². The summed E-state index contributed by atoms with van der Waals surface area (Å²) < 4.78 is 19.1. The number of carbonyl (C=O) groups is 2. The number of carboxylic acid groups (broad SMARTS) is 1. The molecule has 7 heteroatoms. The van der Waals surface area contributed by atoms with Gasteiger partial charge >= 0.3 is 12.1 Å². The van der Waals surface area contributed by atoms with Crippen LogP contribution < -0.4 is 5.32 Å². The predicted octanol–water partition coefficient (Wildman–Crippen LogP) is 5.54. The molecule has 0 bridgehead atoms. The van der Waals surface area contributed by atoms with Gasteiger partial charge in [0.15, 0.2) is 0 Å². The maximum absolute atomic E-state index is 13.7. The molecule has 0 unspecified atom stereocenters. The number of ether oxygens (including phenoxy) is 1. The van der Waals surface area contributed by atoms with Gasteiger partial charge in [0.1, 0.15) is 17.4 Å². The summed E-state index contributed by atoms with van der Waals surface area (Å²) in [6.45, 7) is 0.0369. The highest BCUT2D eigenvalue weighted by molar-refractivity contribution is 6.34. The Balaban J connectivity index is 1.55. The number of halogens is 2. The summed E-state index contributed by atoms with van der Waals surface area (Å²) in [4.78, 5) is 23.7. The van der Waals surface area contributed by atoms with Crippen molar-refractivity contribution in [3.05, 3.63) is 88.2 Å². The van der Waals surface area contributed by atoms with Crippen LogP contribution in [-0.2, 0) is 4.74 Å². The number of nitrogens with one attached hydrogen (secondary N) is 1. The molecule has 0 atom stereocenters. The van der Waals surface area contributed by atoms with E-state index in [2.05, 4.69) is 5.32 Å². The van der Waals surface area contributed by atoms with E-state index in [1.54, 1.807) is 0 Å². The van der Waals surface area contributed by atoms with Crippen molar-refractivity contribution in [3.8, 4) is 11.1 Å². The molecule has 0 saturated heterocycles. The predicted molar refractivity (Wildman–Crippen MR) is 107 cm³/mol. The summed E-state index contributed by atoms with van der Waals surface area (Å²) in [5.74, 6) is -2.35. The number of benzene rings is 3. The van der Waals surface area contributed by atoms with Gasteiger partial charge in [-0.1, -0.05) is 60.1 Å². The maximum atomic E-state index is 13.7. The Morgan fingerprint density at radius 2 is 1.59 bits per heavy atom. The molecule has 3 aromatic rings. The average Bonchev–Trinajstić information content (AvgIpc) is 3.03. The molecule has 0 saturated carbocycles. The van der Waals surface area contributed by atoms with E-state index < -0.39 is 22.9 Å². The lowest BCUT2D eigenvalue weighted by Crippen LogP contribution is -2.20. The molecule has 0 heterocycles. The number of hydrogen-bond acceptors (Lipinski definition) is 3.